The van der Waals surface area contributed by atoms with Gasteiger partial charge in [-0.2, -0.15) is 0 Å². The summed E-state index contributed by atoms with van der Waals surface area (Å²) in [6.45, 7) is 1.30. The van der Waals surface area contributed by atoms with Crippen LogP contribution >= 0.6 is 0 Å². The normalized spacial score (nSPS) is 29.9. The van der Waals surface area contributed by atoms with Crippen LogP contribution in [0.2, 0.25) is 0 Å². The molecular weight excluding hydrogens is 306 g/mol. The van der Waals surface area contributed by atoms with Crippen molar-refractivity contribution in [2.24, 2.45) is 5.73 Å². The van der Waals surface area contributed by atoms with Gasteiger partial charge in [-0.15, -0.1) is 0 Å². The molecule has 1 unspecified atom stereocenters. The molecule has 1 saturated heterocycles. The first kappa shape index (κ1) is 16.9. The number of hydrogen-bond acceptors (Lipinski definition) is 4. The molecule has 0 spiro atoms. The third kappa shape index (κ3) is 3.44. The van der Waals surface area contributed by atoms with Gasteiger partial charge in [-0.1, -0.05) is 30.3 Å². The number of nitrogens with zero attached hydrogens (tertiary/aromatic N) is 1. The van der Waals surface area contributed by atoms with Crippen molar-refractivity contribution in [2.75, 3.05) is 13.7 Å². The summed E-state index contributed by atoms with van der Waals surface area (Å²) >= 11 is 0. The highest BCUT2D eigenvalue weighted by molar-refractivity contribution is 5.93. The predicted molar refractivity (Wildman–Crippen MR) is 90.0 cm³/mol. The van der Waals surface area contributed by atoms with Crippen LogP contribution < -0.4 is 11.1 Å². The number of benzene rings is 1. The van der Waals surface area contributed by atoms with Gasteiger partial charge < -0.3 is 20.7 Å². The quantitative estimate of drug-likeness (QED) is 0.836. The number of likely N-dealkylation sites (tertiary alicyclic amines) is 1. The number of amides is 2. The fraction of sp³-hybridized carbons (Fsp3) is 0.556. The van der Waals surface area contributed by atoms with Gasteiger partial charge in [0.15, 0.2) is 0 Å². The van der Waals surface area contributed by atoms with Crippen molar-refractivity contribution in [1.29, 1.82) is 0 Å². The molecule has 1 aliphatic carbocycles. The third-order valence-corrected chi connectivity index (χ3v) is 5.02. The SMILES string of the molecule is COC1CC(N)(C(=O)NC2CCCN(Cc3ccccc3)C2=O)C1. The van der Waals surface area contributed by atoms with Crippen molar-refractivity contribution in [3.63, 3.8) is 0 Å². The average molecular weight is 331 g/mol. The first-order chi connectivity index (χ1) is 11.5. The zero-order valence-corrected chi connectivity index (χ0v) is 14.0. The Balaban J connectivity index is 1.58. The smallest absolute Gasteiger partial charge is 0.245 e. The summed E-state index contributed by atoms with van der Waals surface area (Å²) < 4.78 is 5.19. The Bertz CT molecular complexity index is 599. The van der Waals surface area contributed by atoms with Crippen LogP contribution in [0.25, 0.3) is 0 Å². The Hall–Kier alpha value is -1.92. The maximum atomic E-state index is 12.7. The Kier molecular flexibility index (Phi) is 4.87. The number of piperidine rings is 1. The Morgan fingerprint density at radius 1 is 1.38 bits per heavy atom. The van der Waals surface area contributed by atoms with Gasteiger partial charge >= 0.3 is 0 Å². The number of hydrogen-bond donors (Lipinski definition) is 2. The third-order valence-electron chi connectivity index (χ3n) is 5.02. The number of nitrogens with one attached hydrogen (secondary N) is 1. The monoisotopic (exact) mass is 331 g/mol. The second-order valence-corrected chi connectivity index (χ2v) is 6.84. The molecule has 0 radical (unpaired) electrons. The van der Waals surface area contributed by atoms with Crippen LogP contribution in [0.5, 0.6) is 0 Å². The molecule has 24 heavy (non-hydrogen) atoms. The maximum Gasteiger partial charge on any atom is 0.245 e. The molecule has 6 nitrogen and oxygen atoms in total. The highest BCUT2D eigenvalue weighted by Crippen LogP contribution is 2.32. The molecule has 3 N–H and O–H groups in total. The van der Waals surface area contributed by atoms with Gasteiger partial charge in [0.1, 0.15) is 11.6 Å². The Morgan fingerprint density at radius 3 is 2.75 bits per heavy atom. The molecular formula is C18H25N3O3. The largest absolute Gasteiger partial charge is 0.381 e. The summed E-state index contributed by atoms with van der Waals surface area (Å²) in [5.41, 5.74) is 6.31. The lowest BCUT2D eigenvalue weighted by molar-refractivity contribution is -0.144. The summed E-state index contributed by atoms with van der Waals surface area (Å²) in [6.07, 6.45) is 2.59. The summed E-state index contributed by atoms with van der Waals surface area (Å²) in [4.78, 5) is 26.9. The van der Waals surface area contributed by atoms with E-state index in [1.54, 1.807) is 7.11 Å². The van der Waals surface area contributed by atoms with Crippen molar-refractivity contribution in [3.8, 4) is 0 Å². The van der Waals surface area contributed by atoms with Crippen LogP contribution in [0.15, 0.2) is 30.3 Å². The van der Waals surface area contributed by atoms with E-state index >= 15 is 0 Å². The molecule has 1 aliphatic heterocycles. The van der Waals surface area contributed by atoms with Crippen molar-refractivity contribution < 1.29 is 14.3 Å². The van der Waals surface area contributed by atoms with Crippen LogP contribution in [-0.2, 0) is 20.9 Å². The lowest BCUT2D eigenvalue weighted by atomic mass is 9.74. The minimum Gasteiger partial charge on any atom is -0.381 e. The van der Waals surface area contributed by atoms with Gasteiger partial charge in [0.25, 0.3) is 0 Å². The van der Waals surface area contributed by atoms with E-state index in [1.807, 2.05) is 35.2 Å². The number of methoxy groups -OCH3 is 1. The highest BCUT2D eigenvalue weighted by Gasteiger charge is 2.48. The number of ether oxygens (including phenoxy) is 1. The summed E-state index contributed by atoms with van der Waals surface area (Å²) in [5, 5.41) is 2.86. The van der Waals surface area contributed by atoms with E-state index in [-0.39, 0.29) is 17.9 Å². The summed E-state index contributed by atoms with van der Waals surface area (Å²) in [5.74, 6) is -0.264. The van der Waals surface area contributed by atoms with Gasteiger partial charge in [-0.25, -0.2) is 0 Å². The van der Waals surface area contributed by atoms with Crippen LogP contribution in [0.4, 0.5) is 0 Å². The second kappa shape index (κ2) is 6.91. The van der Waals surface area contributed by atoms with Gasteiger partial charge in [0.2, 0.25) is 11.8 Å². The van der Waals surface area contributed by atoms with E-state index in [9.17, 15) is 9.59 Å². The lowest BCUT2D eigenvalue weighted by Gasteiger charge is -2.43. The van der Waals surface area contributed by atoms with E-state index in [0.29, 0.717) is 25.8 Å². The molecule has 0 bridgehead atoms. The predicted octanol–water partition coefficient (Wildman–Crippen LogP) is 0.800. The minimum atomic E-state index is -0.900. The van der Waals surface area contributed by atoms with Gasteiger partial charge in [-0.05, 0) is 18.4 Å². The van der Waals surface area contributed by atoms with Crippen molar-refractivity contribution in [3.05, 3.63) is 35.9 Å². The molecule has 1 saturated carbocycles. The van der Waals surface area contributed by atoms with Crippen molar-refractivity contribution in [2.45, 2.75) is 49.9 Å². The number of carbonyl (C=O) groups is 2. The zero-order chi connectivity index (χ0) is 17.2. The molecule has 1 heterocycles. The molecule has 1 atom stereocenters. The van der Waals surface area contributed by atoms with Crippen LogP contribution in [0.1, 0.15) is 31.2 Å². The van der Waals surface area contributed by atoms with Gasteiger partial charge in [0, 0.05) is 33.0 Å². The Morgan fingerprint density at radius 2 is 2.08 bits per heavy atom. The Labute approximate surface area is 142 Å². The van der Waals surface area contributed by atoms with Crippen molar-refractivity contribution in [1.82, 2.24) is 10.2 Å². The standard InChI is InChI=1S/C18H25N3O3/c1-24-14-10-18(19,11-14)17(23)20-15-8-5-9-21(16(15)22)12-13-6-3-2-4-7-13/h2-4,6-7,14-15H,5,8-12,19H2,1H3,(H,20,23). The molecule has 3 rings (SSSR count). The first-order valence-corrected chi connectivity index (χ1v) is 8.47. The number of rotatable bonds is 5. The fourth-order valence-corrected chi connectivity index (χ4v) is 3.44. The van der Waals surface area contributed by atoms with Crippen LogP contribution in [0.3, 0.4) is 0 Å². The molecule has 2 fully saturated rings. The average Bonchev–Trinajstić information content (AvgIpc) is 2.56. The molecule has 130 valence electrons. The molecule has 0 aromatic heterocycles. The number of carbonyl (C=O) groups excluding carboxylic acids is 2. The number of nitrogens with two attached hydrogens (primary N) is 1. The van der Waals surface area contributed by atoms with Crippen LogP contribution in [-0.4, -0.2) is 48.1 Å². The molecule has 6 heteroatoms. The van der Waals surface area contributed by atoms with Gasteiger partial charge in [0.05, 0.1) is 6.10 Å². The van der Waals surface area contributed by atoms with Crippen molar-refractivity contribution >= 4 is 11.8 Å². The van der Waals surface area contributed by atoms with E-state index in [2.05, 4.69) is 5.32 Å². The topological polar surface area (TPSA) is 84.7 Å². The molecule has 2 amide bonds. The maximum absolute atomic E-state index is 12.7. The second-order valence-electron chi connectivity index (χ2n) is 6.84. The lowest BCUT2D eigenvalue weighted by Crippen LogP contribution is -2.66. The molecule has 1 aromatic rings. The summed E-state index contributed by atoms with van der Waals surface area (Å²) in [7, 11) is 1.62. The zero-order valence-electron chi connectivity index (χ0n) is 14.0. The minimum absolute atomic E-state index is 0.0235. The first-order valence-electron chi connectivity index (χ1n) is 8.47. The van der Waals surface area contributed by atoms with Crippen LogP contribution in [0, 0.1) is 0 Å². The fourth-order valence-electron chi connectivity index (χ4n) is 3.44. The van der Waals surface area contributed by atoms with E-state index in [4.69, 9.17) is 10.5 Å². The molecule has 2 aliphatic rings. The highest BCUT2D eigenvalue weighted by atomic mass is 16.5. The van der Waals surface area contributed by atoms with E-state index in [1.165, 1.54) is 0 Å². The van der Waals surface area contributed by atoms with Gasteiger partial charge in [-0.3, -0.25) is 9.59 Å². The van der Waals surface area contributed by atoms with E-state index < -0.39 is 11.6 Å². The molecule has 1 aromatic carbocycles. The van der Waals surface area contributed by atoms with E-state index in [0.717, 1.165) is 18.5 Å². The summed E-state index contributed by atoms with van der Waals surface area (Å²) in [6, 6.07) is 9.41.